The lowest BCUT2D eigenvalue weighted by Crippen LogP contribution is -2.34. The average molecular weight is 637 g/mol. The van der Waals surface area contributed by atoms with E-state index in [1.54, 1.807) is 47.5 Å². The monoisotopic (exact) mass is 636 g/mol. The predicted octanol–water partition coefficient (Wildman–Crippen LogP) is 5.55. The third-order valence-electron chi connectivity index (χ3n) is 7.30. The van der Waals surface area contributed by atoms with Crippen molar-refractivity contribution >= 4 is 62.6 Å². The number of nitrogens with one attached hydrogen (secondary N) is 3. The van der Waals surface area contributed by atoms with Gasteiger partial charge in [0.15, 0.2) is 11.1 Å². The van der Waals surface area contributed by atoms with Crippen LogP contribution in [0.1, 0.15) is 36.9 Å². The molecule has 1 aromatic heterocycles. The first-order valence-electron chi connectivity index (χ1n) is 14.1. The summed E-state index contributed by atoms with van der Waals surface area (Å²) in [6.45, 7) is 3.51. The molecule has 0 bridgehead atoms. The van der Waals surface area contributed by atoms with Gasteiger partial charge < -0.3 is 35.9 Å². The number of nitrogens with zero attached hydrogens (tertiary/aromatic N) is 2. The fraction of sp³-hybridized carbons (Fsp3) is 0.258. The van der Waals surface area contributed by atoms with Crippen LogP contribution in [-0.2, 0) is 22.4 Å². The summed E-state index contributed by atoms with van der Waals surface area (Å²) in [5.41, 5.74) is 8.10. The summed E-state index contributed by atoms with van der Waals surface area (Å²) in [5.74, 6) is 0.423. The van der Waals surface area contributed by atoms with Crippen LogP contribution in [0.5, 0.6) is 5.75 Å². The summed E-state index contributed by atoms with van der Waals surface area (Å²) in [7, 11) is 0. The highest BCUT2D eigenvalue weighted by Crippen LogP contribution is 2.31. The fourth-order valence-corrected chi connectivity index (χ4v) is 5.81. The van der Waals surface area contributed by atoms with Gasteiger partial charge in [-0.15, -0.1) is 0 Å². The third-order valence-corrected chi connectivity index (χ3v) is 8.39. The Balaban J connectivity index is 1.41. The van der Waals surface area contributed by atoms with E-state index in [0.29, 0.717) is 58.8 Å². The Morgan fingerprint density at radius 3 is 2.61 bits per heavy atom. The summed E-state index contributed by atoms with van der Waals surface area (Å²) in [5, 5.41) is 11.1. The molecule has 2 unspecified atom stereocenters. The molecular weight excluding hydrogens is 604 g/mol. The molecule has 5 rings (SSSR count). The maximum atomic E-state index is 13.8. The highest BCUT2D eigenvalue weighted by atomic mass is 35.5. The van der Waals surface area contributed by atoms with Crippen LogP contribution in [0.3, 0.4) is 0 Å². The van der Waals surface area contributed by atoms with Crippen molar-refractivity contribution in [1.29, 1.82) is 0 Å². The number of carbonyl (C=O) groups is 2. The topological polar surface area (TPSA) is 159 Å². The van der Waals surface area contributed by atoms with Gasteiger partial charge in [0.25, 0.3) is 0 Å². The number of aromatic nitrogens is 1. The molecule has 0 saturated carbocycles. The molecule has 1 aliphatic heterocycles. The van der Waals surface area contributed by atoms with Gasteiger partial charge in [-0.05, 0) is 90.9 Å². The number of likely N-dealkylation sites (tertiary alicyclic amines) is 1. The molecule has 0 spiro atoms. The lowest BCUT2D eigenvalue weighted by Gasteiger charge is -2.22. The van der Waals surface area contributed by atoms with Gasteiger partial charge in [-0.3, -0.25) is 4.79 Å². The Morgan fingerprint density at radius 2 is 1.86 bits per heavy atom. The van der Waals surface area contributed by atoms with E-state index < -0.39 is 23.0 Å². The molecule has 11 nitrogen and oxygen atoms in total. The molecule has 1 fully saturated rings. The number of ether oxygens (including phenoxy) is 1. The van der Waals surface area contributed by atoms with Crippen LogP contribution in [0.4, 0.5) is 22.0 Å². The predicted molar refractivity (Wildman–Crippen MR) is 172 cm³/mol. The second kappa shape index (κ2) is 13.9. The Hall–Kier alpha value is -4.39. The second-order valence-corrected chi connectivity index (χ2v) is 11.6. The van der Waals surface area contributed by atoms with Crippen LogP contribution in [0.25, 0.3) is 10.8 Å². The van der Waals surface area contributed by atoms with Gasteiger partial charge >= 0.3 is 6.03 Å². The van der Waals surface area contributed by atoms with E-state index >= 15 is 0 Å². The summed E-state index contributed by atoms with van der Waals surface area (Å²) in [4.78, 5) is 32.4. The van der Waals surface area contributed by atoms with Crippen molar-refractivity contribution in [2.24, 2.45) is 0 Å². The van der Waals surface area contributed by atoms with E-state index in [1.807, 2.05) is 25.1 Å². The number of pyridine rings is 1. The van der Waals surface area contributed by atoms with Crippen molar-refractivity contribution in [3.8, 4) is 5.75 Å². The lowest BCUT2D eigenvalue weighted by molar-refractivity contribution is -0.122. The normalized spacial score (nSPS) is 14.2. The molecule has 0 aliphatic carbocycles. The van der Waals surface area contributed by atoms with Crippen molar-refractivity contribution in [3.05, 3.63) is 83.0 Å². The smallest absolute Gasteiger partial charge is 0.321 e. The summed E-state index contributed by atoms with van der Waals surface area (Å²) < 4.78 is 27.7. The zero-order valence-corrected chi connectivity index (χ0v) is 25.6. The third kappa shape index (κ3) is 7.21. The van der Waals surface area contributed by atoms with Gasteiger partial charge in [0.1, 0.15) is 17.6 Å². The molecule has 44 heavy (non-hydrogen) atoms. The van der Waals surface area contributed by atoms with Crippen LogP contribution in [0, 0.1) is 0 Å². The second-order valence-electron chi connectivity index (χ2n) is 10.2. The molecule has 1 saturated heterocycles. The number of nitrogen functional groups attached to an aromatic ring is 1. The molecule has 13 heteroatoms. The Morgan fingerprint density at radius 1 is 1.09 bits per heavy atom. The number of carbonyl (C=O) groups excluding carboxylic acids is 2. The largest absolute Gasteiger partial charge is 0.492 e. The lowest BCUT2D eigenvalue weighted by atomic mass is 10.0. The molecule has 2 heterocycles. The Bertz CT molecular complexity index is 1710. The molecular formula is C31H33ClN6O5S. The fourth-order valence-electron chi connectivity index (χ4n) is 5.10. The highest BCUT2D eigenvalue weighted by Gasteiger charge is 2.24. The number of nitrogens with two attached hydrogens (primary N) is 1. The van der Waals surface area contributed by atoms with Crippen molar-refractivity contribution in [1.82, 2.24) is 15.2 Å². The van der Waals surface area contributed by atoms with E-state index in [-0.39, 0.29) is 17.5 Å². The van der Waals surface area contributed by atoms with Crippen molar-refractivity contribution in [2.45, 2.75) is 37.2 Å². The summed E-state index contributed by atoms with van der Waals surface area (Å²) in [6.07, 6.45) is 3.52. The highest BCUT2D eigenvalue weighted by molar-refractivity contribution is 7.79. The standard InChI is InChI=1S/C31H33ClN6O5S/c1-2-43-26-17-20(5-9-25(26)32)28(36-22-6-8-24-19(15-22)11-12-34-29(24)33)30(39)35-18-21-16-23(7-10-27(21)44(41)42)37-31(40)38-13-3-4-14-38/h5-12,15-17,28,36H,2-4,13-14,18H2,1H3,(H2,33,34)(H,35,39)(H,37,40)(H,41,42). The molecule has 2 atom stereocenters. The zero-order chi connectivity index (χ0) is 31.2. The van der Waals surface area contributed by atoms with E-state index in [1.165, 1.54) is 6.07 Å². The van der Waals surface area contributed by atoms with Gasteiger partial charge in [-0.25, -0.2) is 14.0 Å². The van der Waals surface area contributed by atoms with Crippen LogP contribution in [-0.4, -0.2) is 50.3 Å². The minimum Gasteiger partial charge on any atom is -0.492 e. The average Bonchev–Trinajstić information content (AvgIpc) is 3.56. The van der Waals surface area contributed by atoms with Crippen LogP contribution in [0.2, 0.25) is 5.02 Å². The molecule has 0 radical (unpaired) electrons. The first-order chi connectivity index (χ1) is 21.2. The van der Waals surface area contributed by atoms with Gasteiger partial charge in [-0.1, -0.05) is 17.7 Å². The van der Waals surface area contributed by atoms with Gasteiger partial charge in [0, 0.05) is 42.6 Å². The number of halogens is 1. The zero-order valence-electron chi connectivity index (χ0n) is 24.0. The van der Waals surface area contributed by atoms with Crippen molar-refractivity contribution in [2.75, 3.05) is 36.1 Å². The molecule has 230 valence electrons. The van der Waals surface area contributed by atoms with Crippen LogP contribution < -0.4 is 26.4 Å². The quantitative estimate of drug-likeness (QED) is 0.142. The number of hydrogen-bond acceptors (Lipinski definition) is 7. The van der Waals surface area contributed by atoms with E-state index in [2.05, 4.69) is 20.9 Å². The van der Waals surface area contributed by atoms with E-state index in [0.717, 1.165) is 23.6 Å². The van der Waals surface area contributed by atoms with Gasteiger partial charge in [0.2, 0.25) is 5.91 Å². The number of rotatable bonds is 10. The molecule has 3 amide bonds. The molecule has 1 aliphatic rings. The minimum absolute atomic E-state index is 0.0715. The van der Waals surface area contributed by atoms with Crippen LogP contribution >= 0.6 is 11.6 Å². The van der Waals surface area contributed by atoms with Crippen LogP contribution in [0.15, 0.2) is 71.8 Å². The number of urea groups is 1. The van der Waals surface area contributed by atoms with Gasteiger partial charge in [0.05, 0.1) is 16.5 Å². The Kier molecular flexibility index (Phi) is 9.83. The Labute approximate surface area is 262 Å². The minimum atomic E-state index is -2.32. The molecule has 3 aromatic carbocycles. The maximum absolute atomic E-state index is 13.8. The van der Waals surface area contributed by atoms with Crippen molar-refractivity contribution in [3.63, 3.8) is 0 Å². The maximum Gasteiger partial charge on any atom is 0.321 e. The molecule has 6 N–H and O–H groups in total. The number of anilines is 3. The molecule has 4 aromatic rings. The SMILES string of the molecule is CCOc1cc(C(Nc2ccc3c(N)nccc3c2)C(=O)NCc2cc(NC(=O)N3CCCC3)ccc2S(=O)O)ccc1Cl. The summed E-state index contributed by atoms with van der Waals surface area (Å²) >= 11 is 4.01. The first kappa shape index (κ1) is 31.0. The summed E-state index contributed by atoms with van der Waals surface area (Å²) in [6, 6.07) is 15.9. The number of fused-ring (bicyclic) bond motifs is 1. The number of benzene rings is 3. The number of amides is 3. The number of hydrogen-bond donors (Lipinski definition) is 5. The van der Waals surface area contributed by atoms with Crippen molar-refractivity contribution < 1.29 is 23.1 Å². The van der Waals surface area contributed by atoms with Gasteiger partial charge in [-0.2, -0.15) is 0 Å². The van der Waals surface area contributed by atoms with E-state index in [4.69, 9.17) is 22.1 Å². The van der Waals surface area contributed by atoms with E-state index in [9.17, 15) is 18.4 Å². The first-order valence-corrected chi connectivity index (χ1v) is 15.6.